The first-order valence-corrected chi connectivity index (χ1v) is 8.19. The second-order valence-corrected chi connectivity index (χ2v) is 6.77. The van der Waals surface area contributed by atoms with Crippen LogP contribution in [0.4, 0.5) is 0 Å². The van der Waals surface area contributed by atoms with Gasteiger partial charge in [0.2, 0.25) is 10.0 Å². The van der Waals surface area contributed by atoms with E-state index < -0.39 is 10.0 Å². The highest BCUT2D eigenvalue weighted by Crippen LogP contribution is 2.18. The maximum atomic E-state index is 12.3. The summed E-state index contributed by atoms with van der Waals surface area (Å²) in [4.78, 5) is 0.193. The predicted molar refractivity (Wildman–Crippen MR) is 82.3 cm³/mol. The lowest BCUT2D eigenvalue weighted by Gasteiger charge is -2.15. The fourth-order valence-corrected chi connectivity index (χ4v) is 3.23. The Hall–Kier alpha value is -1.69. The third-order valence-electron chi connectivity index (χ3n) is 3.33. The number of aryl methyl sites for hydroxylation is 1. The molecule has 0 amide bonds. The SMILES string of the molecule is Cc1ccc(C(C)NS(=O)(=O)c2ccc(CO)cc2)cc1. The molecule has 0 radical (unpaired) electrons. The lowest BCUT2D eigenvalue weighted by Crippen LogP contribution is -2.26. The van der Waals surface area contributed by atoms with Crippen LogP contribution in [0.2, 0.25) is 0 Å². The number of aliphatic hydroxyl groups excluding tert-OH is 1. The Kier molecular flexibility index (Phi) is 4.77. The average molecular weight is 305 g/mol. The van der Waals surface area contributed by atoms with Crippen molar-refractivity contribution in [1.29, 1.82) is 0 Å². The smallest absolute Gasteiger partial charge is 0.241 e. The van der Waals surface area contributed by atoms with E-state index in [-0.39, 0.29) is 17.5 Å². The van der Waals surface area contributed by atoms with Crippen molar-refractivity contribution in [3.05, 3.63) is 65.2 Å². The number of benzene rings is 2. The largest absolute Gasteiger partial charge is 0.392 e. The molecule has 21 heavy (non-hydrogen) atoms. The second-order valence-electron chi connectivity index (χ2n) is 5.06. The van der Waals surface area contributed by atoms with Crippen LogP contribution in [0.3, 0.4) is 0 Å². The molecule has 1 atom stereocenters. The van der Waals surface area contributed by atoms with Crippen LogP contribution >= 0.6 is 0 Å². The summed E-state index contributed by atoms with van der Waals surface area (Å²) >= 11 is 0. The van der Waals surface area contributed by atoms with E-state index in [1.165, 1.54) is 12.1 Å². The summed E-state index contributed by atoms with van der Waals surface area (Å²) in [7, 11) is -3.57. The van der Waals surface area contributed by atoms with Gasteiger partial charge in [0.15, 0.2) is 0 Å². The summed E-state index contributed by atoms with van der Waals surface area (Å²) < 4.78 is 27.3. The molecule has 1 unspecified atom stereocenters. The van der Waals surface area contributed by atoms with Crippen LogP contribution in [0.5, 0.6) is 0 Å². The molecule has 0 aliphatic heterocycles. The number of nitrogens with one attached hydrogen (secondary N) is 1. The molecule has 4 nitrogen and oxygen atoms in total. The van der Waals surface area contributed by atoms with E-state index in [9.17, 15) is 8.42 Å². The molecule has 2 aromatic rings. The summed E-state index contributed by atoms with van der Waals surface area (Å²) in [6, 6.07) is 13.6. The van der Waals surface area contributed by atoms with Crippen molar-refractivity contribution in [1.82, 2.24) is 4.72 Å². The molecule has 0 spiro atoms. The van der Waals surface area contributed by atoms with Crippen molar-refractivity contribution in [2.75, 3.05) is 0 Å². The first kappa shape index (κ1) is 15.7. The van der Waals surface area contributed by atoms with Crippen LogP contribution < -0.4 is 4.72 Å². The number of aliphatic hydroxyl groups is 1. The van der Waals surface area contributed by atoms with Crippen LogP contribution in [0, 0.1) is 6.92 Å². The summed E-state index contributed by atoms with van der Waals surface area (Å²) in [5.74, 6) is 0. The maximum Gasteiger partial charge on any atom is 0.241 e. The Labute approximate surface area is 125 Å². The van der Waals surface area contributed by atoms with Crippen molar-refractivity contribution in [3.63, 3.8) is 0 Å². The predicted octanol–water partition coefficient (Wildman–Crippen LogP) is 2.53. The molecule has 2 aromatic carbocycles. The van der Waals surface area contributed by atoms with Gasteiger partial charge in [0.1, 0.15) is 0 Å². The molecule has 0 heterocycles. The normalized spacial score (nSPS) is 13.1. The van der Waals surface area contributed by atoms with E-state index >= 15 is 0 Å². The quantitative estimate of drug-likeness (QED) is 0.892. The number of rotatable bonds is 5. The van der Waals surface area contributed by atoms with Gasteiger partial charge in [-0.1, -0.05) is 42.0 Å². The Morgan fingerprint density at radius 1 is 1.05 bits per heavy atom. The lowest BCUT2D eigenvalue weighted by molar-refractivity contribution is 0.282. The van der Waals surface area contributed by atoms with E-state index in [2.05, 4.69) is 4.72 Å². The molecular weight excluding hydrogens is 286 g/mol. The Balaban J connectivity index is 2.17. The van der Waals surface area contributed by atoms with Crippen molar-refractivity contribution >= 4 is 10.0 Å². The minimum atomic E-state index is -3.57. The van der Waals surface area contributed by atoms with Crippen LogP contribution in [0.15, 0.2) is 53.4 Å². The second kappa shape index (κ2) is 6.39. The molecule has 0 saturated heterocycles. The molecule has 0 bridgehead atoms. The van der Waals surface area contributed by atoms with Gasteiger partial charge in [-0.05, 0) is 37.1 Å². The van der Waals surface area contributed by atoms with E-state index in [0.29, 0.717) is 5.56 Å². The van der Waals surface area contributed by atoms with Gasteiger partial charge in [0, 0.05) is 6.04 Å². The highest BCUT2D eigenvalue weighted by atomic mass is 32.2. The summed E-state index contributed by atoms with van der Waals surface area (Å²) in [5, 5.41) is 8.98. The average Bonchev–Trinajstić information content (AvgIpc) is 2.47. The fourth-order valence-electron chi connectivity index (χ4n) is 2.00. The zero-order chi connectivity index (χ0) is 15.5. The monoisotopic (exact) mass is 305 g/mol. The van der Waals surface area contributed by atoms with Crippen LogP contribution in [0.1, 0.15) is 29.7 Å². The minimum absolute atomic E-state index is 0.104. The highest BCUT2D eigenvalue weighted by Gasteiger charge is 2.18. The first-order chi connectivity index (χ1) is 9.92. The lowest BCUT2D eigenvalue weighted by atomic mass is 10.1. The molecule has 0 saturated carbocycles. The Morgan fingerprint density at radius 2 is 1.62 bits per heavy atom. The molecular formula is C16H19NO3S. The van der Waals surface area contributed by atoms with E-state index in [1.807, 2.05) is 38.1 Å². The van der Waals surface area contributed by atoms with Gasteiger partial charge >= 0.3 is 0 Å². The standard InChI is InChI=1S/C16H19NO3S/c1-12-3-7-15(8-4-12)13(2)17-21(19,20)16-9-5-14(11-18)6-10-16/h3-10,13,17-18H,11H2,1-2H3. The van der Waals surface area contributed by atoms with Gasteiger partial charge < -0.3 is 5.11 Å². The minimum Gasteiger partial charge on any atom is -0.392 e. The van der Waals surface area contributed by atoms with E-state index in [4.69, 9.17) is 5.11 Å². The molecule has 5 heteroatoms. The molecule has 0 aliphatic rings. The zero-order valence-corrected chi connectivity index (χ0v) is 12.9. The zero-order valence-electron chi connectivity index (χ0n) is 12.1. The topological polar surface area (TPSA) is 66.4 Å². The third-order valence-corrected chi connectivity index (χ3v) is 4.88. The van der Waals surface area contributed by atoms with Gasteiger partial charge in [0.05, 0.1) is 11.5 Å². The number of hydrogen-bond acceptors (Lipinski definition) is 3. The van der Waals surface area contributed by atoms with Crippen LogP contribution in [0.25, 0.3) is 0 Å². The van der Waals surface area contributed by atoms with Gasteiger partial charge in [-0.25, -0.2) is 13.1 Å². The number of sulfonamides is 1. The molecule has 2 rings (SSSR count). The Bertz CT molecular complexity index is 691. The first-order valence-electron chi connectivity index (χ1n) is 6.71. The van der Waals surface area contributed by atoms with Crippen molar-refractivity contribution < 1.29 is 13.5 Å². The van der Waals surface area contributed by atoms with Crippen molar-refractivity contribution in [2.45, 2.75) is 31.4 Å². The van der Waals surface area contributed by atoms with Crippen LogP contribution in [-0.4, -0.2) is 13.5 Å². The molecule has 112 valence electrons. The van der Waals surface area contributed by atoms with Gasteiger partial charge in [-0.2, -0.15) is 0 Å². The molecule has 2 N–H and O–H groups in total. The summed E-state index contributed by atoms with van der Waals surface area (Å²) in [6.07, 6.45) is 0. The number of hydrogen-bond donors (Lipinski definition) is 2. The fraction of sp³-hybridized carbons (Fsp3) is 0.250. The van der Waals surface area contributed by atoms with Gasteiger partial charge in [-0.15, -0.1) is 0 Å². The van der Waals surface area contributed by atoms with Crippen molar-refractivity contribution in [3.8, 4) is 0 Å². The molecule has 0 aliphatic carbocycles. The molecule has 0 fully saturated rings. The van der Waals surface area contributed by atoms with Crippen molar-refractivity contribution in [2.24, 2.45) is 0 Å². The molecule has 0 aromatic heterocycles. The van der Waals surface area contributed by atoms with Gasteiger partial charge in [-0.3, -0.25) is 0 Å². The summed E-state index contributed by atoms with van der Waals surface area (Å²) in [6.45, 7) is 3.69. The summed E-state index contributed by atoms with van der Waals surface area (Å²) in [5.41, 5.74) is 2.73. The van der Waals surface area contributed by atoms with Gasteiger partial charge in [0.25, 0.3) is 0 Å². The highest BCUT2D eigenvalue weighted by molar-refractivity contribution is 7.89. The van der Waals surface area contributed by atoms with Crippen LogP contribution in [-0.2, 0) is 16.6 Å². The maximum absolute atomic E-state index is 12.3. The Morgan fingerprint density at radius 3 is 2.14 bits per heavy atom. The van der Waals surface area contributed by atoms with E-state index in [0.717, 1.165) is 11.1 Å². The third kappa shape index (κ3) is 3.91. The van der Waals surface area contributed by atoms with E-state index in [1.54, 1.807) is 12.1 Å².